The first-order valence-corrected chi connectivity index (χ1v) is 9.88. The van der Waals surface area contributed by atoms with Crippen molar-refractivity contribution < 1.29 is 19.5 Å². The molecule has 0 saturated carbocycles. The Hall–Kier alpha value is -2.80. The molecular formula is C21H24N2O4S. The van der Waals surface area contributed by atoms with E-state index in [2.05, 4.69) is 5.32 Å². The van der Waals surface area contributed by atoms with Gasteiger partial charge in [0.1, 0.15) is 6.54 Å². The van der Waals surface area contributed by atoms with E-state index in [1.54, 1.807) is 30.3 Å². The number of carbonyl (C=O) groups excluding carboxylic acids is 2. The van der Waals surface area contributed by atoms with Crippen LogP contribution < -0.4 is 10.2 Å². The minimum Gasteiger partial charge on any atom is -0.480 e. The van der Waals surface area contributed by atoms with E-state index in [1.807, 2.05) is 31.2 Å². The lowest BCUT2D eigenvalue weighted by Crippen LogP contribution is -2.48. The summed E-state index contributed by atoms with van der Waals surface area (Å²) in [5, 5.41) is 12.1. The molecule has 0 heterocycles. The number of rotatable bonds is 8. The van der Waals surface area contributed by atoms with Crippen LogP contribution in [0.25, 0.3) is 0 Å². The number of anilines is 1. The smallest absolute Gasteiger partial charge is 0.323 e. The van der Waals surface area contributed by atoms with Gasteiger partial charge >= 0.3 is 12.0 Å². The summed E-state index contributed by atoms with van der Waals surface area (Å²) in [7, 11) is 0. The lowest BCUT2D eigenvalue weighted by molar-refractivity contribution is -0.135. The molecule has 2 N–H and O–H groups in total. The van der Waals surface area contributed by atoms with Crippen molar-refractivity contribution >= 4 is 34.6 Å². The Morgan fingerprint density at radius 2 is 1.71 bits per heavy atom. The van der Waals surface area contributed by atoms with Gasteiger partial charge < -0.3 is 10.4 Å². The van der Waals surface area contributed by atoms with Crippen LogP contribution in [-0.2, 0) is 16.0 Å². The molecule has 2 amide bonds. The number of benzene rings is 2. The number of hydrogen-bond donors (Lipinski definition) is 2. The van der Waals surface area contributed by atoms with Crippen LogP contribution in [0.3, 0.4) is 0 Å². The van der Waals surface area contributed by atoms with Gasteiger partial charge in [-0.2, -0.15) is 0 Å². The van der Waals surface area contributed by atoms with Crippen LogP contribution in [-0.4, -0.2) is 40.6 Å². The molecule has 0 spiro atoms. The summed E-state index contributed by atoms with van der Waals surface area (Å²) in [6.45, 7) is 3.03. The molecule has 0 saturated heterocycles. The molecule has 2 aromatic rings. The van der Waals surface area contributed by atoms with Gasteiger partial charge in [0.2, 0.25) is 0 Å². The van der Waals surface area contributed by atoms with Crippen molar-refractivity contribution in [2.24, 2.45) is 0 Å². The van der Waals surface area contributed by atoms with Crippen molar-refractivity contribution in [1.29, 1.82) is 0 Å². The van der Waals surface area contributed by atoms with E-state index < -0.39 is 18.5 Å². The molecule has 7 heteroatoms. The van der Waals surface area contributed by atoms with E-state index in [0.29, 0.717) is 17.9 Å². The standard InChI is InChI=1S/C21H24N2O4S/c1-15-8-6-7-9-17(15)12-18(14-28-16(2)24)22-21(27)23(13-20(25)26)19-10-4-3-5-11-19/h3-11,18H,12-14H2,1-2H3,(H,22,27)(H,25,26). The molecular weight excluding hydrogens is 376 g/mol. The number of carbonyl (C=O) groups is 3. The zero-order valence-corrected chi connectivity index (χ0v) is 16.7. The number of nitrogens with one attached hydrogen (secondary N) is 1. The molecule has 1 unspecified atom stereocenters. The van der Waals surface area contributed by atoms with Gasteiger partial charge in [-0.25, -0.2) is 4.79 Å². The van der Waals surface area contributed by atoms with E-state index in [0.717, 1.165) is 22.9 Å². The number of nitrogens with zero attached hydrogens (tertiary/aromatic N) is 1. The molecule has 6 nitrogen and oxygen atoms in total. The van der Waals surface area contributed by atoms with Gasteiger partial charge in [0, 0.05) is 24.4 Å². The van der Waals surface area contributed by atoms with Crippen LogP contribution in [0.1, 0.15) is 18.1 Å². The maximum Gasteiger partial charge on any atom is 0.323 e. The van der Waals surface area contributed by atoms with Crippen LogP contribution in [0.5, 0.6) is 0 Å². The lowest BCUT2D eigenvalue weighted by atomic mass is 10.0. The highest BCUT2D eigenvalue weighted by atomic mass is 32.2. The highest BCUT2D eigenvalue weighted by Gasteiger charge is 2.22. The molecule has 0 fully saturated rings. The second kappa shape index (κ2) is 10.5. The van der Waals surface area contributed by atoms with E-state index in [-0.39, 0.29) is 11.2 Å². The predicted octanol–water partition coefficient (Wildman–Crippen LogP) is 3.49. The Bertz CT molecular complexity index is 826. The first-order valence-electron chi connectivity index (χ1n) is 8.89. The second-order valence-corrected chi connectivity index (χ2v) is 7.59. The van der Waals surface area contributed by atoms with Crippen molar-refractivity contribution in [3.63, 3.8) is 0 Å². The van der Waals surface area contributed by atoms with Crippen molar-refractivity contribution in [3.8, 4) is 0 Å². The summed E-state index contributed by atoms with van der Waals surface area (Å²) < 4.78 is 0. The van der Waals surface area contributed by atoms with Crippen LogP contribution in [0.15, 0.2) is 54.6 Å². The Labute approximate surface area is 168 Å². The highest BCUT2D eigenvalue weighted by molar-refractivity contribution is 8.13. The van der Waals surface area contributed by atoms with E-state index in [1.165, 1.54) is 11.8 Å². The molecule has 2 aromatic carbocycles. The number of carboxylic acids is 1. The summed E-state index contributed by atoms with van der Waals surface area (Å²) in [5.74, 6) is -0.696. The van der Waals surface area contributed by atoms with Crippen LogP contribution >= 0.6 is 11.8 Å². The number of aryl methyl sites for hydroxylation is 1. The van der Waals surface area contributed by atoms with Gasteiger partial charge in [-0.3, -0.25) is 14.5 Å². The quantitative estimate of drug-likeness (QED) is 0.708. The molecule has 0 aromatic heterocycles. The fourth-order valence-electron chi connectivity index (χ4n) is 2.75. The second-order valence-electron chi connectivity index (χ2n) is 6.40. The Kier molecular flexibility index (Phi) is 8.07. The van der Waals surface area contributed by atoms with Gasteiger partial charge in [0.05, 0.1) is 0 Å². The number of amides is 2. The molecule has 0 aliphatic carbocycles. The number of hydrogen-bond acceptors (Lipinski definition) is 4. The van der Waals surface area contributed by atoms with Crippen molar-refractivity contribution in [2.45, 2.75) is 26.3 Å². The van der Waals surface area contributed by atoms with Crippen LogP contribution in [0.2, 0.25) is 0 Å². The largest absolute Gasteiger partial charge is 0.480 e. The van der Waals surface area contributed by atoms with Gasteiger partial charge in [-0.15, -0.1) is 0 Å². The van der Waals surface area contributed by atoms with Gasteiger partial charge in [-0.1, -0.05) is 54.2 Å². The SMILES string of the molecule is CC(=O)SCC(Cc1ccccc1C)NC(=O)N(CC(=O)O)c1ccccc1. The summed E-state index contributed by atoms with van der Waals surface area (Å²) in [6, 6.07) is 15.7. The van der Waals surface area contributed by atoms with E-state index in [9.17, 15) is 19.5 Å². The average molecular weight is 401 g/mol. The summed E-state index contributed by atoms with van der Waals surface area (Å²) in [4.78, 5) is 36.7. The average Bonchev–Trinajstić information content (AvgIpc) is 2.66. The molecule has 0 bridgehead atoms. The van der Waals surface area contributed by atoms with Crippen molar-refractivity contribution in [1.82, 2.24) is 5.32 Å². The fourth-order valence-corrected chi connectivity index (χ4v) is 3.39. The molecule has 0 aliphatic heterocycles. The Balaban J connectivity index is 2.19. The first-order chi connectivity index (χ1) is 13.4. The predicted molar refractivity (Wildman–Crippen MR) is 112 cm³/mol. The minimum atomic E-state index is -1.10. The van der Waals surface area contributed by atoms with E-state index in [4.69, 9.17) is 0 Å². The molecule has 0 radical (unpaired) electrons. The number of para-hydroxylation sites is 1. The fraction of sp³-hybridized carbons (Fsp3) is 0.286. The van der Waals surface area contributed by atoms with Gasteiger partial charge in [0.15, 0.2) is 5.12 Å². The number of carboxylic acid groups (broad SMARTS) is 1. The molecule has 1 atom stereocenters. The maximum atomic E-state index is 12.9. The summed E-state index contributed by atoms with van der Waals surface area (Å²) in [5.41, 5.74) is 2.66. The number of aliphatic carboxylic acids is 1. The maximum absolute atomic E-state index is 12.9. The monoisotopic (exact) mass is 400 g/mol. The topological polar surface area (TPSA) is 86.7 Å². The van der Waals surface area contributed by atoms with Crippen molar-refractivity contribution in [3.05, 3.63) is 65.7 Å². The molecule has 0 aliphatic rings. The van der Waals surface area contributed by atoms with Crippen LogP contribution in [0, 0.1) is 6.92 Å². The molecule has 148 valence electrons. The number of urea groups is 1. The number of thioether (sulfide) groups is 1. The Morgan fingerprint density at radius 1 is 1.07 bits per heavy atom. The first kappa shape index (κ1) is 21.5. The van der Waals surface area contributed by atoms with Gasteiger partial charge in [-0.05, 0) is 36.6 Å². The third kappa shape index (κ3) is 6.74. The summed E-state index contributed by atoms with van der Waals surface area (Å²) in [6.07, 6.45) is 0.550. The van der Waals surface area contributed by atoms with E-state index >= 15 is 0 Å². The normalized spacial score (nSPS) is 11.5. The zero-order chi connectivity index (χ0) is 20.5. The molecule has 2 rings (SSSR count). The Morgan fingerprint density at radius 3 is 2.32 bits per heavy atom. The third-order valence-electron chi connectivity index (χ3n) is 4.15. The zero-order valence-electron chi connectivity index (χ0n) is 15.9. The van der Waals surface area contributed by atoms with Crippen molar-refractivity contribution in [2.75, 3.05) is 17.2 Å². The highest BCUT2D eigenvalue weighted by Crippen LogP contribution is 2.16. The lowest BCUT2D eigenvalue weighted by Gasteiger charge is -2.26. The van der Waals surface area contributed by atoms with Gasteiger partial charge in [0.25, 0.3) is 0 Å². The van der Waals surface area contributed by atoms with Crippen LogP contribution in [0.4, 0.5) is 10.5 Å². The molecule has 28 heavy (non-hydrogen) atoms. The summed E-state index contributed by atoms with van der Waals surface area (Å²) >= 11 is 1.14. The third-order valence-corrected chi connectivity index (χ3v) is 5.12. The minimum absolute atomic E-state index is 0.0329.